The van der Waals surface area contributed by atoms with E-state index in [2.05, 4.69) is 36.3 Å². The van der Waals surface area contributed by atoms with Gasteiger partial charge in [-0.25, -0.2) is 0 Å². The van der Waals surface area contributed by atoms with Gasteiger partial charge in [-0.3, -0.25) is 4.90 Å². The zero-order valence-electron chi connectivity index (χ0n) is 13.7. The van der Waals surface area contributed by atoms with E-state index < -0.39 is 0 Å². The van der Waals surface area contributed by atoms with E-state index in [0.29, 0.717) is 12.0 Å². The molecule has 0 amide bonds. The molecule has 0 radical (unpaired) electrons. The zero-order valence-corrected chi connectivity index (χ0v) is 13.7. The van der Waals surface area contributed by atoms with Crippen LogP contribution in [0.5, 0.6) is 0 Å². The van der Waals surface area contributed by atoms with Crippen molar-refractivity contribution in [3.8, 4) is 0 Å². The first-order valence-electron chi connectivity index (χ1n) is 7.97. The molecule has 0 aromatic carbocycles. The minimum Gasteiger partial charge on any atom is -0.374 e. The Morgan fingerprint density at radius 1 is 1.26 bits per heavy atom. The van der Waals surface area contributed by atoms with Crippen LogP contribution in [0.15, 0.2) is 0 Å². The van der Waals surface area contributed by atoms with Gasteiger partial charge in [-0.15, -0.1) is 0 Å². The van der Waals surface area contributed by atoms with Crippen LogP contribution in [0.25, 0.3) is 0 Å². The van der Waals surface area contributed by atoms with E-state index in [-0.39, 0.29) is 0 Å². The number of hydrogen-bond acceptors (Lipinski definition) is 4. The molecule has 2 N–H and O–H groups in total. The van der Waals surface area contributed by atoms with Gasteiger partial charge in [0.05, 0.1) is 12.7 Å². The van der Waals surface area contributed by atoms with Crippen LogP contribution >= 0.6 is 0 Å². The fourth-order valence-corrected chi connectivity index (χ4v) is 2.05. The van der Waals surface area contributed by atoms with Crippen molar-refractivity contribution in [1.82, 2.24) is 15.5 Å². The van der Waals surface area contributed by atoms with E-state index in [1.54, 1.807) is 0 Å². The monoisotopic (exact) mass is 273 g/mol. The highest BCUT2D eigenvalue weighted by Gasteiger charge is 2.19. The lowest BCUT2D eigenvalue weighted by molar-refractivity contribution is -0.0266. The highest BCUT2D eigenvalue weighted by atomic mass is 16.5. The van der Waals surface area contributed by atoms with Crippen molar-refractivity contribution >= 4 is 0 Å². The number of hydrogen-bond donors (Lipinski definition) is 2. The molecule has 0 aliphatic carbocycles. The van der Waals surface area contributed by atoms with Crippen LogP contribution < -0.4 is 10.6 Å². The van der Waals surface area contributed by atoms with Crippen LogP contribution in [0.4, 0.5) is 0 Å². The number of nitrogens with zero attached hydrogens (tertiary/aromatic N) is 1. The van der Waals surface area contributed by atoms with Crippen LogP contribution in [-0.4, -0.2) is 63.4 Å². The average Bonchev–Trinajstić information content (AvgIpc) is 2.41. The molecule has 19 heavy (non-hydrogen) atoms. The maximum atomic E-state index is 5.77. The second-order valence-electron chi connectivity index (χ2n) is 5.20. The van der Waals surface area contributed by atoms with Crippen LogP contribution in [0, 0.1) is 5.92 Å². The van der Waals surface area contributed by atoms with E-state index >= 15 is 0 Å². The summed E-state index contributed by atoms with van der Waals surface area (Å²) in [5, 5.41) is 6.85. The van der Waals surface area contributed by atoms with E-state index in [0.717, 1.165) is 52.4 Å². The largest absolute Gasteiger partial charge is 0.374 e. The molecule has 0 spiro atoms. The lowest BCUT2D eigenvalue weighted by Crippen LogP contribution is -2.48. The van der Waals surface area contributed by atoms with Crippen molar-refractivity contribution in [2.24, 2.45) is 5.92 Å². The predicted molar refractivity (Wildman–Crippen MR) is 83.8 cm³/mol. The summed E-state index contributed by atoms with van der Waals surface area (Å²) in [7, 11) is 0. The Morgan fingerprint density at radius 3 is 2.63 bits per heavy atom. The summed E-state index contributed by atoms with van der Waals surface area (Å²) in [6.45, 7) is 19.0. The smallest absolute Gasteiger partial charge is 0.0826 e. The molecule has 4 heteroatoms. The summed E-state index contributed by atoms with van der Waals surface area (Å²) < 4.78 is 5.77. The highest BCUT2D eigenvalue weighted by molar-refractivity contribution is 4.74. The van der Waals surface area contributed by atoms with Gasteiger partial charge >= 0.3 is 0 Å². The van der Waals surface area contributed by atoms with Crippen molar-refractivity contribution in [3.63, 3.8) is 0 Å². The first-order valence-corrected chi connectivity index (χ1v) is 7.97. The second-order valence-corrected chi connectivity index (χ2v) is 5.20. The molecule has 0 aromatic heterocycles. The zero-order chi connectivity index (χ0) is 14.5. The molecule has 1 heterocycles. The lowest BCUT2D eigenvalue weighted by atomic mass is 10.2. The fraction of sp³-hybridized carbons (Fsp3) is 1.00. The molecule has 1 aliphatic heterocycles. The average molecular weight is 273 g/mol. The summed E-state index contributed by atoms with van der Waals surface area (Å²) in [6, 6.07) is 0. The van der Waals surface area contributed by atoms with Gasteiger partial charge in [-0.05, 0) is 19.0 Å². The van der Waals surface area contributed by atoms with Crippen molar-refractivity contribution in [2.45, 2.75) is 40.7 Å². The van der Waals surface area contributed by atoms with Gasteiger partial charge in [0.2, 0.25) is 0 Å². The van der Waals surface area contributed by atoms with E-state index in [9.17, 15) is 0 Å². The maximum absolute atomic E-state index is 5.77. The summed E-state index contributed by atoms with van der Waals surface area (Å²) in [4.78, 5) is 2.49. The third-order valence-electron chi connectivity index (χ3n) is 3.00. The van der Waals surface area contributed by atoms with Crippen molar-refractivity contribution < 1.29 is 4.74 Å². The molecular weight excluding hydrogens is 238 g/mol. The lowest BCUT2D eigenvalue weighted by Gasteiger charge is -2.33. The minimum absolute atomic E-state index is 0.365. The standard InChI is InChI=1S/C13H29N3O.C2H6/c1-4-14-5-6-16-7-8-17-13(11-16)10-15-9-12(2)3;1-2/h12-15H,4-11H2,1-3H3;1-2H3. The molecule has 116 valence electrons. The molecule has 4 nitrogen and oxygen atoms in total. The van der Waals surface area contributed by atoms with Gasteiger partial charge in [0.15, 0.2) is 0 Å². The van der Waals surface area contributed by atoms with Gasteiger partial charge < -0.3 is 15.4 Å². The van der Waals surface area contributed by atoms with E-state index in [1.165, 1.54) is 0 Å². The Kier molecular flexibility index (Phi) is 12.7. The van der Waals surface area contributed by atoms with Crippen molar-refractivity contribution in [1.29, 1.82) is 0 Å². The van der Waals surface area contributed by atoms with Crippen LogP contribution in [-0.2, 0) is 4.74 Å². The summed E-state index contributed by atoms with van der Waals surface area (Å²) in [5.41, 5.74) is 0. The van der Waals surface area contributed by atoms with Gasteiger partial charge in [0, 0.05) is 32.7 Å². The molecule has 0 aromatic rings. The molecule has 1 unspecified atom stereocenters. The first kappa shape index (κ1) is 18.8. The van der Waals surface area contributed by atoms with Gasteiger partial charge in [0.1, 0.15) is 0 Å². The fourth-order valence-electron chi connectivity index (χ4n) is 2.05. The first-order chi connectivity index (χ1) is 9.22. The quantitative estimate of drug-likeness (QED) is 0.658. The van der Waals surface area contributed by atoms with Gasteiger partial charge in [-0.1, -0.05) is 34.6 Å². The summed E-state index contributed by atoms with van der Waals surface area (Å²) in [6.07, 6.45) is 0.365. The van der Waals surface area contributed by atoms with Crippen molar-refractivity contribution in [3.05, 3.63) is 0 Å². The number of nitrogens with one attached hydrogen (secondary N) is 2. The van der Waals surface area contributed by atoms with Crippen LogP contribution in [0.3, 0.4) is 0 Å². The number of ether oxygens (including phenoxy) is 1. The normalized spacial score (nSPS) is 20.2. The van der Waals surface area contributed by atoms with E-state index in [4.69, 9.17) is 4.74 Å². The second kappa shape index (κ2) is 12.9. The van der Waals surface area contributed by atoms with Gasteiger partial charge in [-0.2, -0.15) is 0 Å². The molecule has 1 atom stereocenters. The number of morpholine rings is 1. The Bertz CT molecular complexity index is 188. The van der Waals surface area contributed by atoms with Crippen molar-refractivity contribution in [2.75, 3.05) is 52.4 Å². The Balaban J connectivity index is 0.00000154. The molecule has 1 aliphatic rings. The Labute approximate surface area is 120 Å². The Hall–Kier alpha value is -0.160. The third kappa shape index (κ3) is 10.3. The third-order valence-corrected chi connectivity index (χ3v) is 3.00. The van der Waals surface area contributed by atoms with Crippen LogP contribution in [0.1, 0.15) is 34.6 Å². The topological polar surface area (TPSA) is 36.5 Å². The summed E-state index contributed by atoms with van der Waals surface area (Å²) >= 11 is 0. The number of likely N-dealkylation sites (N-methyl/N-ethyl adjacent to an activating group) is 1. The van der Waals surface area contributed by atoms with Gasteiger partial charge in [0.25, 0.3) is 0 Å². The highest BCUT2D eigenvalue weighted by Crippen LogP contribution is 2.03. The van der Waals surface area contributed by atoms with E-state index in [1.807, 2.05) is 13.8 Å². The predicted octanol–water partition coefficient (Wildman–Crippen LogP) is 1.57. The molecule has 1 saturated heterocycles. The maximum Gasteiger partial charge on any atom is 0.0826 e. The molecule has 1 rings (SSSR count). The number of rotatable bonds is 8. The Morgan fingerprint density at radius 2 is 2.00 bits per heavy atom. The molecule has 1 fully saturated rings. The molecule has 0 bridgehead atoms. The summed E-state index contributed by atoms with van der Waals surface area (Å²) in [5.74, 6) is 0.712. The minimum atomic E-state index is 0.365. The SMILES string of the molecule is CC.CCNCCN1CCOC(CNCC(C)C)C1. The molecular formula is C15H35N3O. The van der Waals surface area contributed by atoms with Crippen LogP contribution in [0.2, 0.25) is 0 Å². The molecule has 0 saturated carbocycles.